The summed E-state index contributed by atoms with van der Waals surface area (Å²) < 4.78 is 39.7. The van der Waals surface area contributed by atoms with E-state index in [1.807, 2.05) is 0 Å². The summed E-state index contributed by atoms with van der Waals surface area (Å²) in [6.45, 7) is 1.28. The Kier molecular flexibility index (Phi) is 5.37. The molecule has 0 aliphatic heterocycles. The van der Waals surface area contributed by atoms with Crippen molar-refractivity contribution in [1.82, 2.24) is 5.32 Å². The number of sulfone groups is 1. The van der Waals surface area contributed by atoms with Crippen LogP contribution in [0.5, 0.6) is 5.75 Å². The quantitative estimate of drug-likeness (QED) is 0.739. The molecule has 0 aliphatic rings. The van der Waals surface area contributed by atoms with Crippen LogP contribution in [0.2, 0.25) is 0 Å². The molecule has 4 nitrogen and oxygen atoms in total. The van der Waals surface area contributed by atoms with Crippen molar-refractivity contribution >= 4 is 9.84 Å². The maximum absolute atomic E-state index is 12.8. The molecule has 0 atom stereocenters. The summed E-state index contributed by atoms with van der Waals surface area (Å²) in [7, 11) is -2.92. The molecular formula is C11H16FNO3S. The second kappa shape index (κ2) is 6.56. The average Bonchev–Trinajstić information content (AvgIpc) is 2.22. The lowest BCUT2D eigenvalue weighted by atomic mass is 10.3. The van der Waals surface area contributed by atoms with Crippen LogP contribution in [0.25, 0.3) is 0 Å². The molecule has 0 amide bonds. The minimum absolute atomic E-state index is 0.104. The summed E-state index contributed by atoms with van der Waals surface area (Å²) in [5, 5.41) is 2.93. The maximum atomic E-state index is 12.8. The number of ether oxygens (including phenoxy) is 1. The van der Waals surface area contributed by atoms with Crippen molar-refractivity contribution < 1.29 is 17.5 Å². The van der Waals surface area contributed by atoms with E-state index in [9.17, 15) is 12.8 Å². The molecule has 0 aliphatic carbocycles. The molecule has 96 valence electrons. The van der Waals surface area contributed by atoms with E-state index >= 15 is 0 Å². The molecule has 0 saturated heterocycles. The molecule has 17 heavy (non-hydrogen) atoms. The molecule has 0 heterocycles. The summed E-state index contributed by atoms with van der Waals surface area (Å²) in [5.41, 5.74) is 0. The highest BCUT2D eigenvalue weighted by Gasteiger charge is 2.00. The van der Waals surface area contributed by atoms with E-state index in [1.54, 1.807) is 12.1 Å². The van der Waals surface area contributed by atoms with Crippen LogP contribution in [0.3, 0.4) is 0 Å². The van der Waals surface area contributed by atoms with Gasteiger partial charge in [-0.2, -0.15) is 0 Å². The lowest BCUT2D eigenvalue weighted by Gasteiger charge is -2.07. The van der Waals surface area contributed by atoms with Crippen LogP contribution >= 0.6 is 0 Å². The molecule has 0 spiro atoms. The minimum Gasteiger partial charge on any atom is -0.492 e. The van der Waals surface area contributed by atoms with Crippen molar-refractivity contribution in [3.63, 3.8) is 0 Å². The fraction of sp³-hybridized carbons (Fsp3) is 0.455. The number of benzene rings is 1. The van der Waals surface area contributed by atoms with E-state index in [2.05, 4.69) is 5.32 Å². The van der Waals surface area contributed by atoms with E-state index in [4.69, 9.17) is 4.74 Å². The first-order valence-electron chi connectivity index (χ1n) is 5.24. The molecule has 0 bridgehead atoms. The van der Waals surface area contributed by atoms with Gasteiger partial charge in [0.05, 0.1) is 5.75 Å². The van der Waals surface area contributed by atoms with E-state index in [0.29, 0.717) is 25.4 Å². The highest BCUT2D eigenvalue weighted by molar-refractivity contribution is 7.90. The summed E-state index contributed by atoms with van der Waals surface area (Å²) in [4.78, 5) is 0. The molecular weight excluding hydrogens is 245 g/mol. The van der Waals surface area contributed by atoms with Gasteiger partial charge in [0.15, 0.2) is 0 Å². The van der Waals surface area contributed by atoms with Gasteiger partial charge in [-0.15, -0.1) is 0 Å². The molecule has 6 heteroatoms. The second-order valence-corrected chi connectivity index (χ2v) is 5.95. The predicted octanol–water partition coefficient (Wildman–Crippen LogP) is 0.839. The van der Waals surface area contributed by atoms with Gasteiger partial charge in [-0.05, 0) is 12.1 Å². The smallest absolute Gasteiger partial charge is 0.148 e. The third-order valence-electron chi connectivity index (χ3n) is 1.99. The fourth-order valence-electron chi connectivity index (χ4n) is 1.18. The summed E-state index contributed by atoms with van der Waals surface area (Å²) >= 11 is 0. The fourth-order valence-corrected chi connectivity index (χ4v) is 1.70. The predicted molar refractivity (Wildman–Crippen MR) is 64.5 cm³/mol. The summed E-state index contributed by atoms with van der Waals surface area (Å²) in [5.74, 6) is 0.231. The lowest BCUT2D eigenvalue weighted by molar-refractivity contribution is 0.314. The normalized spacial score (nSPS) is 11.4. The number of rotatable bonds is 7. The van der Waals surface area contributed by atoms with Crippen LogP contribution in [-0.4, -0.2) is 40.1 Å². The number of hydrogen-bond donors (Lipinski definition) is 1. The van der Waals surface area contributed by atoms with Crippen molar-refractivity contribution in [2.24, 2.45) is 0 Å². The Morgan fingerprint density at radius 1 is 1.35 bits per heavy atom. The molecule has 0 radical (unpaired) electrons. The molecule has 1 N–H and O–H groups in total. The highest BCUT2D eigenvalue weighted by atomic mass is 32.2. The first-order chi connectivity index (χ1) is 7.97. The highest BCUT2D eigenvalue weighted by Crippen LogP contribution is 2.11. The third-order valence-corrected chi connectivity index (χ3v) is 2.94. The minimum atomic E-state index is -2.92. The Bertz CT molecular complexity index is 448. The first kappa shape index (κ1) is 13.9. The molecule has 0 unspecified atom stereocenters. The van der Waals surface area contributed by atoms with Crippen LogP contribution in [0.1, 0.15) is 0 Å². The molecule has 0 saturated carbocycles. The maximum Gasteiger partial charge on any atom is 0.148 e. The van der Waals surface area contributed by atoms with Gasteiger partial charge in [0, 0.05) is 25.4 Å². The monoisotopic (exact) mass is 261 g/mol. The second-order valence-electron chi connectivity index (χ2n) is 3.69. The van der Waals surface area contributed by atoms with Gasteiger partial charge in [0.25, 0.3) is 0 Å². The van der Waals surface area contributed by atoms with E-state index in [0.717, 1.165) is 0 Å². The Morgan fingerprint density at radius 2 is 2.12 bits per heavy atom. The van der Waals surface area contributed by atoms with Crippen molar-refractivity contribution in [3.05, 3.63) is 30.1 Å². The zero-order chi connectivity index (χ0) is 12.7. The number of nitrogens with one attached hydrogen (secondary N) is 1. The lowest BCUT2D eigenvalue weighted by Crippen LogP contribution is -2.26. The Morgan fingerprint density at radius 3 is 2.76 bits per heavy atom. The Hall–Kier alpha value is -1.14. The van der Waals surface area contributed by atoms with E-state index in [-0.39, 0.29) is 11.6 Å². The van der Waals surface area contributed by atoms with Gasteiger partial charge in [-0.1, -0.05) is 6.07 Å². The van der Waals surface area contributed by atoms with Crippen LogP contribution in [0.15, 0.2) is 24.3 Å². The third kappa shape index (κ3) is 6.91. The van der Waals surface area contributed by atoms with Crippen molar-refractivity contribution in [1.29, 1.82) is 0 Å². The average molecular weight is 261 g/mol. The standard InChI is InChI=1S/C11H16FNO3S/c1-17(14,15)8-6-13-5-7-16-11-4-2-3-10(12)9-11/h2-4,9,13H,5-8H2,1H3. The van der Waals surface area contributed by atoms with Gasteiger partial charge < -0.3 is 10.1 Å². The van der Waals surface area contributed by atoms with Gasteiger partial charge in [0.1, 0.15) is 28.0 Å². The molecule has 1 aromatic rings. The van der Waals surface area contributed by atoms with Crippen molar-refractivity contribution in [3.8, 4) is 5.75 Å². The molecule has 0 aromatic heterocycles. The number of halogens is 1. The SMILES string of the molecule is CS(=O)(=O)CCNCCOc1cccc(F)c1. The Balaban J connectivity index is 2.13. The Labute approximate surface area is 101 Å². The van der Waals surface area contributed by atoms with Crippen molar-refractivity contribution in [2.45, 2.75) is 0 Å². The van der Waals surface area contributed by atoms with Crippen LogP contribution < -0.4 is 10.1 Å². The molecule has 1 rings (SSSR count). The van der Waals surface area contributed by atoms with E-state index < -0.39 is 9.84 Å². The van der Waals surface area contributed by atoms with Gasteiger partial charge in [-0.25, -0.2) is 12.8 Å². The molecule has 0 fully saturated rings. The largest absolute Gasteiger partial charge is 0.492 e. The van der Waals surface area contributed by atoms with Gasteiger partial charge in [-0.3, -0.25) is 0 Å². The van der Waals surface area contributed by atoms with Crippen molar-refractivity contribution in [2.75, 3.05) is 31.7 Å². The van der Waals surface area contributed by atoms with Crippen LogP contribution in [0, 0.1) is 5.82 Å². The first-order valence-corrected chi connectivity index (χ1v) is 7.30. The number of hydrogen-bond acceptors (Lipinski definition) is 4. The van der Waals surface area contributed by atoms with E-state index in [1.165, 1.54) is 18.4 Å². The van der Waals surface area contributed by atoms with Gasteiger partial charge in [0.2, 0.25) is 0 Å². The van der Waals surface area contributed by atoms with Crippen LogP contribution in [0.4, 0.5) is 4.39 Å². The summed E-state index contributed by atoms with van der Waals surface area (Å²) in [6.07, 6.45) is 1.19. The molecule has 1 aromatic carbocycles. The zero-order valence-corrected chi connectivity index (χ0v) is 10.5. The van der Waals surface area contributed by atoms with Crippen LogP contribution in [-0.2, 0) is 9.84 Å². The zero-order valence-electron chi connectivity index (χ0n) is 9.65. The summed E-state index contributed by atoms with van der Waals surface area (Å²) in [6, 6.07) is 5.88. The van der Waals surface area contributed by atoms with Gasteiger partial charge >= 0.3 is 0 Å². The topological polar surface area (TPSA) is 55.4 Å².